The van der Waals surface area contributed by atoms with Gasteiger partial charge in [-0.3, -0.25) is 9.80 Å². The molecule has 0 bridgehead atoms. The van der Waals surface area contributed by atoms with Crippen LogP contribution in [0.3, 0.4) is 0 Å². The van der Waals surface area contributed by atoms with E-state index in [-0.39, 0.29) is 5.82 Å². The number of rotatable bonds is 6. The summed E-state index contributed by atoms with van der Waals surface area (Å²) in [5.41, 5.74) is 1.09. The van der Waals surface area contributed by atoms with E-state index < -0.39 is 0 Å². The van der Waals surface area contributed by atoms with Crippen LogP contribution in [0.1, 0.15) is 36.1 Å². The highest BCUT2D eigenvalue weighted by atomic mass is 19.1. The molecule has 0 aliphatic carbocycles. The molecule has 0 saturated carbocycles. The molecule has 1 atom stereocenters. The molecule has 1 aliphatic heterocycles. The fourth-order valence-electron chi connectivity index (χ4n) is 3.25. The van der Waals surface area contributed by atoms with Crippen LogP contribution in [-0.2, 0) is 19.5 Å². The van der Waals surface area contributed by atoms with Gasteiger partial charge in [0.1, 0.15) is 11.6 Å². The van der Waals surface area contributed by atoms with Crippen LogP contribution in [0.5, 0.6) is 0 Å². The summed E-state index contributed by atoms with van der Waals surface area (Å²) in [7, 11) is 2.07. The highest BCUT2D eigenvalue weighted by Crippen LogP contribution is 2.20. The normalized spacial score (nSPS) is 18.0. The first-order valence-electron chi connectivity index (χ1n) is 8.63. The Kier molecular flexibility index (Phi) is 5.47. The van der Waals surface area contributed by atoms with Gasteiger partial charge in [-0.05, 0) is 31.7 Å². The van der Waals surface area contributed by atoms with Gasteiger partial charge < -0.3 is 4.42 Å². The van der Waals surface area contributed by atoms with Crippen molar-refractivity contribution < 1.29 is 8.81 Å². The molecule has 1 aliphatic rings. The van der Waals surface area contributed by atoms with Crippen molar-refractivity contribution in [3.63, 3.8) is 0 Å². The minimum Gasteiger partial charge on any atom is -0.444 e. The number of nitriles is 1. The van der Waals surface area contributed by atoms with E-state index in [1.807, 2.05) is 6.92 Å². The van der Waals surface area contributed by atoms with Crippen molar-refractivity contribution in [1.82, 2.24) is 14.8 Å². The van der Waals surface area contributed by atoms with Gasteiger partial charge in [-0.25, -0.2) is 9.37 Å². The van der Waals surface area contributed by atoms with Crippen molar-refractivity contribution in [2.24, 2.45) is 0 Å². The minimum atomic E-state index is -0.248. The molecule has 0 N–H and O–H groups in total. The van der Waals surface area contributed by atoms with E-state index in [0.29, 0.717) is 30.3 Å². The van der Waals surface area contributed by atoms with Crippen molar-refractivity contribution in [3.05, 3.63) is 53.0 Å². The SMILES string of the molecule is CCc1cnc(CN(C)C2CCN(Cc3cc(C#N)ccc3F)C2)o1. The Hall–Kier alpha value is -2.23. The number of aryl methyl sites for hydroxylation is 1. The first-order valence-corrected chi connectivity index (χ1v) is 8.63. The van der Waals surface area contributed by atoms with E-state index in [4.69, 9.17) is 9.68 Å². The van der Waals surface area contributed by atoms with Gasteiger partial charge in [0, 0.05) is 37.7 Å². The van der Waals surface area contributed by atoms with Gasteiger partial charge in [0.25, 0.3) is 0 Å². The van der Waals surface area contributed by atoms with Crippen LogP contribution in [0, 0.1) is 17.1 Å². The van der Waals surface area contributed by atoms with E-state index in [0.717, 1.165) is 37.6 Å². The molecule has 25 heavy (non-hydrogen) atoms. The summed E-state index contributed by atoms with van der Waals surface area (Å²) < 4.78 is 19.7. The molecule has 1 fully saturated rings. The van der Waals surface area contributed by atoms with Gasteiger partial charge in [-0.2, -0.15) is 5.26 Å². The zero-order valence-electron chi connectivity index (χ0n) is 14.7. The fourth-order valence-corrected chi connectivity index (χ4v) is 3.25. The number of benzene rings is 1. The summed E-state index contributed by atoms with van der Waals surface area (Å²) in [6, 6.07) is 6.99. The van der Waals surface area contributed by atoms with E-state index in [1.54, 1.807) is 12.3 Å². The predicted octanol–water partition coefficient (Wildman–Crippen LogP) is 2.95. The third kappa shape index (κ3) is 4.25. The summed E-state index contributed by atoms with van der Waals surface area (Å²) in [5, 5.41) is 8.98. The van der Waals surface area contributed by atoms with E-state index >= 15 is 0 Å². The second-order valence-corrected chi connectivity index (χ2v) is 6.58. The van der Waals surface area contributed by atoms with Crippen LogP contribution in [0.4, 0.5) is 4.39 Å². The van der Waals surface area contributed by atoms with Crippen molar-refractivity contribution in [1.29, 1.82) is 5.26 Å². The van der Waals surface area contributed by atoms with E-state index in [9.17, 15) is 4.39 Å². The molecule has 5 nitrogen and oxygen atoms in total. The third-order valence-electron chi connectivity index (χ3n) is 4.77. The summed E-state index contributed by atoms with van der Waals surface area (Å²) in [4.78, 5) is 8.79. The summed E-state index contributed by atoms with van der Waals surface area (Å²) in [6.07, 6.45) is 3.66. The average Bonchev–Trinajstić information content (AvgIpc) is 3.26. The Balaban J connectivity index is 1.57. The van der Waals surface area contributed by atoms with Crippen molar-refractivity contribution >= 4 is 0 Å². The van der Waals surface area contributed by atoms with E-state index in [2.05, 4.69) is 27.9 Å². The maximum absolute atomic E-state index is 14.0. The Bertz CT molecular complexity index is 767. The number of likely N-dealkylation sites (N-methyl/N-ethyl adjacent to an activating group) is 1. The number of hydrogen-bond acceptors (Lipinski definition) is 5. The van der Waals surface area contributed by atoms with E-state index in [1.165, 1.54) is 12.1 Å². The first-order chi connectivity index (χ1) is 12.1. The maximum Gasteiger partial charge on any atom is 0.208 e. The summed E-state index contributed by atoms with van der Waals surface area (Å²) in [6.45, 7) is 5.04. The lowest BCUT2D eigenvalue weighted by atomic mass is 10.1. The quantitative estimate of drug-likeness (QED) is 0.808. The number of halogens is 1. The zero-order valence-corrected chi connectivity index (χ0v) is 14.7. The lowest BCUT2D eigenvalue weighted by molar-refractivity contribution is 0.203. The van der Waals surface area contributed by atoms with Gasteiger partial charge in [0.05, 0.1) is 24.4 Å². The van der Waals surface area contributed by atoms with Crippen LogP contribution < -0.4 is 0 Å². The Morgan fingerprint density at radius 3 is 3.04 bits per heavy atom. The zero-order chi connectivity index (χ0) is 17.8. The summed E-state index contributed by atoms with van der Waals surface area (Å²) >= 11 is 0. The Morgan fingerprint density at radius 2 is 2.32 bits per heavy atom. The van der Waals surface area contributed by atoms with Gasteiger partial charge in [-0.1, -0.05) is 6.92 Å². The van der Waals surface area contributed by atoms with Crippen LogP contribution in [0.15, 0.2) is 28.8 Å². The molecule has 2 heterocycles. The fraction of sp³-hybridized carbons (Fsp3) is 0.474. The van der Waals surface area contributed by atoms with Crippen molar-refractivity contribution in [2.45, 2.75) is 38.9 Å². The minimum absolute atomic E-state index is 0.248. The average molecular weight is 342 g/mol. The van der Waals surface area contributed by atoms with Crippen LogP contribution in [0.2, 0.25) is 0 Å². The molecule has 0 spiro atoms. The maximum atomic E-state index is 14.0. The molecule has 6 heteroatoms. The Labute approximate surface area is 147 Å². The van der Waals surface area contributed by atoms with Crippen LogP contribution in [0.25, 0.3) is 0 Å². The predicted molar refractivity (Wildman–Crippen MR) is 92.1 cm³/mol. The lowest BCUT2D eigenvalue weighted by Crippen LogP contribution is -2.34. The standard InChI is InChI=1S/C19H23FN4O/c1-3-17-10-22-19(25-17)13-23(2)16-6-7-24(12-16)11-15-8-14(9-21)4-5-18(15)20/h4-5,8,10,16H,3,6-7,11-13H2,1-2H3. The van der Waals surface area contributed by atoms with Crippen LogP contribution in [-0.4, -0.2) is 41.0 Å². The Morgan fingerprint density at radius 1 is 1.48 bits per heavy atom. The molecule has 1 aromatic carbocycles. The molecule has 132 valence electrons. The molecule has 0 radical (unpaired) electrons. The smallest absolute Gasteiger partial charge is 0.208 e. The molecule has 3 rings (SSSR count). The third-order valence-corrected chi connectivity index (χ3v) is 4.77. The second kappa shape index (κ2) is 7.77. The topological polar surface area (TPSA) is 56.3 Å². The largest absolute Gasteiger partial charge is 0.444 e. The highest BCUT2D eigenvalue weighted by Gasteiger charge is 2.27. The molecular weight excluding hydrogens is 319 g/mol. The molecular formula is C19H23FN4O. The first kappa shape index (κ1) is 17.6. The molecule has 2 aromatic rings. The van der Waals surface area contributed by atoms with Gasteiger partial charge in [-0.15, -0.1) is 0 Å². The summed E-state index contributed by atoms with van der Waals surface area (Å²) in [5.74, 6) is 1.40. The monoisotopic (exact) mass is 342 g/mol. The van der Waals surface area contributed by atoms with Gasteiger partial charge in [0.2, 0.25) is 5.89 Å². The number of hydrogen-bond donors (Lipinski definition) is 0. The molecule has 1 unspecified atom stereocenters. The van der Waals surface area contributed by atoms with Crippen LogP contribution >= 0.6 is 0 Å². The molecule has 0 amide bonds. The molecule has 1 aromatic heterocycles. The number of aromatic nitrogens is 1. The van der Waals surface area contributed by atoms with Crippen molar-refractivity contribution in [2.75, 3.05) is 20.1 Å². The van der Waals surface area contributed by atoms with Gasteiger partial charge >= 0.3 is 0 Å². The lowest BCUT2D eigenvalue weighted by Gasteiger charge is -2.23. The van der Waals surface area contributed by atoms with Crippen molar-refractivity contribution in [3.8, 4) is 6.07 Å². The highest BCUT2D eigenvalue weighted by molar-refractivity contribution is 5.33. The number of likely N-dealkylation sites (tertiary alicyclic amines) is 1. The number of nitrogens with zero attached hydrogens (tertiary/aromatic N) is 4. The molecule has 1 saturated heterocycles. The second-order valence-electron chi connectivity index (χ2n) is 6.58. The van der Waals surface area contributed by atoms with Gasteiger partial charge in [0.15, 0.2) is 0 Å². The number of oxazole rings is 1.